The lowest BCUT2D eigenvalue weighted by Crippen LogP contribution is -2.37. The standard InChI is InChI=1S/C13H17ClN2O4/c1-13(2,3)20-12(17)15-11(8-16(18)19)9-4-6-10(14)7-5-9/h4-7,11H,8H2,1-3H3,(H,15,17)/t11-/m1/s1. The quantitative estimate of drug-likeness (QED) is 0.684. The van der Waals surface area contributed by atoms with Gasteiger partial charge in [0.25, 0.3) is 0 Å². The average molecular weight is 301 g/mol. The number of ether oxygens (including phenoxy) is 1. The van der Waals surface area contributed by atoms with Crippen molar-refractivity contribution < 1.29 is 14.5 Å². The third kappa shape index (κ3) is 5.88. The highest BCUT2D eigenvalue weighted by Crippen LogP contribution is 2.18. The molecule has 0 fully saturated rings. The number of halogens is 1. The molecule has 0 radical (unpaired) electrons. The highest BCUT2D eigenvalue weighted by molar-refractivity contribution is 6.30. The Morgan fingerprint density at radius 2 is 1.95 bits per heavy atom. The number of nitrogens with one attached hydrogen (secondary N) is 1. The third-order valence-corrected chi connectivity index (χ3v) is 2.55. The molecule has 1 rings (SSSR count). The lowest BCUT2D eigenvalue weighted by atomic mass is 10.1. The highest BCUT2D eigenvalue weighted by Gasteiger charge is 2.23. The molecule has 0 saturated carbocycles. The van der Waals surface area contributed by atoms with Crippen LogP contribution in [0.15, 0.2) is 24.3 Å². The van der Waals surface area contributed by atoms with Gasteiger partial charge in [0.1, 0.15) is 11.6 Å². The second-order valence-corrected chi connectivity index (χ2v) is 5.70. The zero-order valence-corrected chi connectivity index (χ0v) is 12.3. The van der Waals surface area contributed by atoms with Crippen LogP contribution in [0, 0.1) is 10.1 Å². The van der Waals surface area contributed by atoms with E-state index in [0.29, 0.717) is 10.6 Å². The van der Waals surface area contributed by atoms with Crippen molar-refractivity contribution in [2.45, 2.75) is 32.4 Å². The molecule has 6 nitrogen and oxygen atoms in total. The van der Waals surface area contributed by atoms with Gasteiger partial charge in [-0.25, -0.2) is 4.79 Å². The number of carbonyl (C=O) groups excluding carboxylic acids is 1. The van der Waals surface area contributed by atoms with Gasteiger partial charge in [-0.3, -0.25) is 10.1 Å². The average Bonchev–Trinajstić information content (AvgIpc) is 2.25. The molecule has 0 spiro atoms. The fraction of sp³-hybridized carbons (Fsp3) is 0.462. The Morgan fingerprint density at radius 3 is 2.40 bits per heavy atom. The minimum Gasteiger partial charge on any atom is -0.444 e. The second kappa shape index (κ2) is 6.56. The monoisotopic (exact) mass is 300 g/mol. The molecule has 1 amide bonds. The van der Waals surface area contributed by atoms with Crippen molar-refractivity contribution in [2.75, 3.05) is 6.54 Å². The van der Waals surface area contributed by atoms with E-state index in [2.05, 4.69) is 5.32 Å². The van der Waals surface area contributed by atoms with Crippen LogP contribution in [0.5, 0.6) is 0 Å². The zero-order valence-electron chi connectivity index (χ0n) is 11.6. The molecule has 20 heavy (non-hydrogen) atoms. The molecule has 0 bridgehead atoms. The number of alkyl carbamates (subject to hydrolysis) is 1. The Bertz CT molecular complexity index is 482. The van der Waals surface area contributed by atoms with Crippen molar-refractivity contribution in [1.82, 2.24) is 5.32 Å². The lowest BCUT2D eigenvalue weighted by Gasteiger charge is -2.22. The Balaban J connectivity index is 2.82. The van der Waals surface area contributed by atoms with Crippen LogP contribution in [0.1, 0.15) is 32.4 Å². The van der Waals surface area contributed by atoms with E-state index in [1.54, 1.807) is 45.0 Å². The van der Waals surface area contributed by atoms with Gasteiger partial charge in [0.15, 0.2) is 0 Å². The predicted molar refractivity (Wildman–Crippen MR) is 75.4 cm³/mol. The number of hydrogen-bond acceptors (Lipinski definition) is 4. The van der Waals surface area contributed by atoms with Gasteiger partial charge in [-0.2, -0.15) is 0 Å². The maximum Gasteiger partial charge on any atom is 0.408 e. The van der Waals surface area contributed by atoms with E-state index in [9.17, 15) is 14.9 Å². The lowest BCUT2D eigenvalue weighted by molar-refractivity contribution is -0.484. The molecular formula is C13H17ClN2O4. The predicted octanol–water partition coefficient (Wildman–Crippen LogP) is 3.18. The Labute approximate surface area is 122 Å². The molecule has 7 heteroatoms. The smallest absolute Gasteiger partial charge is 0.408 e. The molecular weight excluding hydrogens is 284 g/mol. The first-order valence-electron chi connectivity index (χ1n) is 6.04. The molecule has 110 valence electrons. The molecule has 0 saturated heterocycles. The van der Waals surface area contributed by atoms with Gasteiger partial charge in [0, 0.05) is 9.95 Å². The fourth-order valence-corrected chi connectivity index (χ4v) is 1.65. The number of nitro groups is 1. The molecule has 1 aromatic carbocycles. The Morgan fingerprint density at radius 1 is 1.40 bits per heavy atom. The van der Waals surface area contributed by atoms with Gasteiger partial charge in [-0.15, -0.1) is 0 Å². The van der Waals surface area contributed by atoms with Crippen LogP contribution in [0.4, 0.5) is 4.79 Å². The van der Waals surface area contributed by atoms with Crippen molar-refractivity contribution in [3.05, 3.63) is 45.0 Å². The van der Waals surface area contributed by atoms with E-state index in [0.717, 1.165) is 0 Å². The normalized spacial score (nSPS) is 12.6. The van der Waals surface area contributed by atoms with E-state index in [1.165, 1.54) is 0 Å². The topological polar surface area (TPSA) is 81.5 Å². The van der Waals surface area contributed by atoms with Crippen LogP contribution in [-0.4, -0.2) is 23.2 Å². The van der Waals surface area contributed by atoms with E-state index >= 15 is 0 Å². The summed E-state index contributed by atoms with van der Waals surface area (Å²) in [6.45, 7) is 4.73. The van der Waals surface area contributed by atoms with Crippen molar-refractivity contribution >= 4 is 17.7 Å². The summed E-state index contributed by atoms with van der Waals surface area (Å²) in [4.78, 5) is 21.9. The van der Waals surface area contributed by atoms with Crippen molar-refractivity contribution in [3.8, 4) is 0 Å². The molecule has 0 unspecified atom stereocenters. The summed E-state index contributed by atoms with van der Waals surface area (Å²) in [5, 5.41) is 13.7. The van der Waals surface area contributed by atoms with Gasteiger partial charge < -0.3 is 10.1 Å². The number of hydrogen-bond donors (Lipinski definition) is 1. The molecule has 0 aliphatic heterocycles. The van der Waals surface area contributed by atoms with Gasteiger partial charge >= 0.3 is 6.09 Å². The summed E-state index contributed by atoms with van der Waals surface area (Å²) in [5.74, 6) is 0. The number of nitrogens with zero attached hydrogens (tertiary/aromatic N) is 1. The van der Waals surface area contributed by atoms with Crippen LogP contribution < -0.4 is 5.32 Å². The van der Waals surface area contributed by atoms with Crippen molar-refractivity contribution in [3.63, 3.8) is 0 Å². The molecule has 1 N–H and O–H groups in total. The van der Waals surface area contributed by atoms with Crippen LogP contribution in [0.2, 0.25) is 5.02 Å². The maximum absolute atomic E-state index is 11.7. The first-order chi connectivity index (χ1) is 9.17. The molecule has 0 aliphatic carbocycles. The molecule has 0 heterocycles. The molecule has 1 aromatic rings. The minimum absolute atomic E-state index is 0.430. The largest absolute Gasteiger partial charge is 0.444 e. The summed E-state index contributed by atoms with van der Waals surface area (Å²) in [7, 11) is 0. The van der Waals surface area contributed by atoms with Crippen LogP contribution >= 0.6 is 11.6 Å². The minimum atomic E-state index is -0.767. The van der Waals surface area contributed by atoms with Crippen LogP contribution in [0.3, 0.4) is 0 Å². The van der Waals surface area contributed by atoms with Gasteiger partial charge in [0.2, 0.25) is 6.54 Å². The number of rotatable bonds is 4. The summed E-state index contributed by atoms with van der Waals surface area (Å²) >= 11 is 5.77. The molecule has 1 atom stereocenters. The summed E-state index contributed by atoms with van der Waals surface area (Å²) in [6.07, 6.45) is -0.695. The van der Waals surface area contributed by atoms with Crippen LogP contribution in [0.25, 0.3) is 0 Å². The van der Waals surface area contributed by atoms with Crippen molar-refractivity contribution in [2.24, 2.45) is 0 Å². The first kappa shape index (κ1) is 16.2. The SMILES string of the molecule is CC(C)(C)OC(=O)N[C@H](C[N+](=O)[O-])c1ccc(Cl)cc1. The Hall–Kier alpha value is -1.82. The zero-order chi connectivity index (χ0) is 15.3. The highest BCUT2D eigenvalue weighted by atomic mass is 35.5. The number of carbonyl (C=O) groups is 1. The molecule has 0 aliphatic rings. The molecule has 0 aromatic heterocycles. The van der Waals surface area contributed by atoms with Gasteiger partial charge in [-0.1, -0.05) is 23.7 Å². The van der Waals surface area contributed by atoms with Gasteiger partial charge in [-0.05, 0) is 38.5 Å². The van der Waals surface area contributed by atoms with E-state index < -0.39 is 29.2 Å². The second-order valence-electron chi connectivity index (χ2n) is 5.27. The summed E-state index contributed by atoms with van der Waals surface area (Å²) in [5.41, 5.74) is -0.0690. The maximum atomic E-state index is 11.7. The first-order valence-corrected chi connectivity index (χ1v) is 6.42. The summed E-state index contributed by atoms with van der Waals surface area (Å²) < 4.78 is 5.10. The summed E-state index contributed by atoms with van der Waals surface area (Å²) in [6, 6.07) is 5.72. The van der Waals surface area contributed by atoms with E-state index in [1.807, 2.05) is 0 Å². The Kier molecular flexibility index (Phi) is 5.33. The van der Waals surface area contributed by atoms with Crippen LogP contribution in [-0.2, 0) is 4.74 Å². The van der Waals surface area contributed by atoms with E-state index in [-0.39, 0.29) is 0 Å². The number of benzene rings is 1. The fourth-order valence-electron chi connectivity index (χ4n) is 1.53. The third-order valence-electron chi connectivity index (χ3n) is 2.29. The van der Waals surface area contributed by atoms with E-state index in [4.69, 9.17) is 16.3 Å². The van der Waals surface area contributed by atoms with Crippen molar-refractivity contribution in [1.29, 1.82) is 0 Å². The van der Waals surface area contributed by atoms with Gasteiger partial charge in [0.05, 0.1) is 0 Å². The number of amides is 1.